The summed E-state index contributed by atoms with van der Waals surface area (Å²) < 4.78 is 12.5. The summed E-state index contributed by atoms with van der Waals surface area (Å²) in [6, 6.07) is 14.3. The Balaban J connectivity index is 1.49. The van der Waals surface area contributed by atoms with E-state index in [0.717, 1.165) is 5.76 Å². The van der Waals surface area contributed by atoms with Gasteiger partial charge in [0.1, 0.15) is 17.2 Å². The van der Waals surface area contributed by atoms with Crippen molar-refractivity contribution in [3.63, 3.8) is 0 Å². The lowest BCUT2D eigenvalue weighted by Crippen LogP contribution is -2.15. The number of nitrogens with zero attached hydrogens (tertiary/aromatic N) is 4. The first-order valence-electron chi connectivity index (χ1n) is 9.27. The molecule has 4 aromatic rings. The monoisotopic (exact) mass is 455 g/mol. The Hall–Kier alpha value is -3.30. The molecule has 0 atom stereocenters. The summed E-state index contributed by atoms with van der Waals surface area (Å²) in [6.45, 7) is 0.421. The maximum Gasteiger partial charge on any atom is 0.234 e. The number of hydrogen-bond acceptors (Lipinski definition) is 7. The molecule has 3 aromatic heterocycles. The predicted molar refractivity (Wildman–Crippen MR) is 118 cm³/mol. The van der Waals surface area contributed by atoms with Crippen molar-refractivity contribution in [3.8, 4) is 17.3 Å². The van der Waals surface area contributed by atoms with Crippen LogP contribution in [0.1, 0.15) is 5.76 Å². The van der Waals surface area contributed by atoms with E-state index in [4.69, 9.17) is 20.8 Å². The number of carbonyl (C=O) groups is 1. The van der Waals surface area contributed by atoms with E-state index < -0.39 is 0 Å². The molecule has 0 saturated carbocycles. The lowest BCUT2D eigenvalue weighted by atomic mass is 10.3. The van der Waals surface area contributed by atoms with Gasteiger partial charge in [-0.15, -0.1) is 10.2 Å². The van der Waals surface area contributed by atoms with E-state index in [9.17, 15) is 4.79 Å². The van der Waals surface area contributed by atoms with Crippen LogP contribution >= 0.6 is 23.4 Å². The molecule has 0 aliphatic rings. The van der Waals surface area contributed by atoms with Gasteiger partial charge >= 0.3 is 0 Å². The molecule has 1 amide bonds. The first-order chi connectivity index (χ1) is 15.1. The van der Waals surface area contributed by atoms with Crippen molar-refractivity contribution in [2.24, 2.45) is 0 Å². The number of furan rings is 1. The third-order valence-corrected chi connectivity index (χ3v) is 5.53. The molecule has 0 aliphatic carbocycles. The van der Waals surface area contributed by atoms with Gasteiger partial charge < -0.3 is 14.5 Å². The topological polar surface area (TPSA) is 95.1 Å². The average Bonchev–Trinajstić information content (AvgIpc) is 3.43. The second-order valence-corrected chi connectivity index (χ2v) is 7.72. The molecule has 0 bridgehead atoms. The summed E-state index contributed by atoms with van der Waals surface area (Å²) in [5.74, 6) is 1.83. The molecule has 158 valence electrons. The fourth-order valence-electron chi connectivity index (χ4n) is 2.85. The molecule has 1 aromatic carbocycles. The molecular weight excluding hydrogens is 438 g/mol. The Labute approximate surface area is 187 Å². The van der Waals surface area contributed by atoms with Crippen molar-refractivity contribution in [3.05, 3.63) is 71.8 Å². The number of anilines is 1. The number of hydrogen-bond donors (Lipinski definition) is 1. The van der Waals surface area contributed by atoms with Crippen LogP contribution in [0.25, 0.3) is 11.5 Å². The zero-order valence-electron chi connectivity index (χ0n) is 16.5. The average molecular weight is 456 g/mol. The quantitative estimate of drug-likeness (QED) is 0.394. The van der Waals surface area contributed by atoms with E-state index in [-0.39, 0.29) is 11.7 Å². The summed E-state index contributed by atoms with van der Waals surface area (Å²) in [5, 5.41) is 12.4. The van der Waals surface area contributed by atoms with Crippen molar-refractivity contribution in [2.45, 2.75) is 11.7 Å². The molecular formula is C21H18ClN5O3S. The molecule has 0 aliphatic heterocycles. The number of carbonyl (C=O) groups excluding carboxylic acids is 1. The largest absolute Gasteiger partial charge is 0.495 e. The highest BCUT2D eigenvalue weighted by Crippen LogP contribution is 2.28. The van der Waals surface area contributed by atoms with Crippen molar-refractivity contribution >= 4 is 35.0 Å². The molecule has 0 saturated heterocycles. The minimum absolute atomic E-state index is 0.141. The van der Waals surface area contributed by atoms with Gasteiger partial charge in [0.2, 0.25) is 5.91 Å². The van der Waals surface area contributed by atoms with E-state index >= 15 is 0 Å². The highest BCUT2D eigenvalue weighted by molar-refractivity contribution is 7.99. The number of nitrogens with one attached hydrogen (secondary N) is 1. The van der Waals surface area contributed by atoms with Crippen LogP contribution in [0.5, 0.6) is 5.75 Å². The fourth-order valence-corrected chi connectivity index (χ4v) is 3.85. The number of aromatic nitrogens is 4. The van der Waals surface area contributed by atoms with Gasteiger partial charge in [0.05, 0.1) is 30.7 Å². The van der Waals surface area contributed by atoms with Gasteiger partial charge in [-0.25, -0.2) is 0 Å². The Morgan fingerprint density at radius 3 is 2.84 bits per heavy atom. The van der Waals surface area contributed by atoms with Crippen LogP contribution in [-0.4, -0.2) is 38.5 Å². The fraction of sp³-hybridized carbons (Fsp3) is 0.143. The molecule has 31 heavy (non-hydrogen) atoms. The molecule has 0 fully saturated rings. The van der Waals surface area contributed by atoms with Gasteiger partial charge in [0.15, 0.2) is 11.0 Å². The second kappa shape index (κ2) is 9.67. The predicted octanol–water partition coefficient (Wildman–Crippen LogP) is 4.37. The number of thioether (sulfide) groups is 1. The smallest absolute Gasteiger partial charge is 0.234 e. The maximum absolute atomic E-state index is 12.5. The van der Waals surface area contributed by atoms with E-state index in [1.165, 1.54) is 18.9 Å². The van der Waals surface area contributed by atoms with E-state index in [2.05, 4.69) is 20.5 Å². The number of methoxy groups -OCH3 is 1. The lowest BCUT2D eigenvalue weighted by molar-refractivity contribution is -0.113. The van der Waals surface area contributed by atoms with E-state index in [0.29, 0.717) is 39.7 Å². The number of benzene rings is 1. The van der Waals surface area contributed by atoms with Crippen molar-refractivity contribution < 1.29 is 13.9 Å². The standard InChI is InChI=1S/C21H18ClN5O3S/c1-29-18-8-7-14(11-16(18)22)24-19(28)13-31-21-26-25-20(17-6-2-3-9-23-17)27(21)12-15-5-4-10-30-15/h2-11H,12-13H2,1H3,(H,24,28). The van der Waals surface area contributed by atoms with Gasteiger partial charge in [-0.1, -0.05) is 29.4 Å². The molecule has 0 radical (unpaired) electrons. The Bertz CT molecular complexity index is 1170. The molecule has 8 nitrogen and oxygen atoms in total. The van der Waals surface area contributed by atoms with Crippen molar-refractivity contribution in [2.75, 3.05) is 18.2 Å². The minimum atomic E-state index is -0.196. The lowest BCUT2D eigenvalue weighted by Gasteiger charge is -2.09. The summed E-state index contributed by atoms with van der Waals surface area (Å²) in [5.41, 5.74) is 1.27. The maximum atomic E-state index is 12.5. The van der Waals surface area contributed by atoms with Gasteiger partial charge in [-0.2, -0.15) is 0 Å². The normalized spacial score (nSPS) is 10.8. The molecule has 10 heteroatoms. The Morgan fingerprint density at radius 2 is 2.13 bits per heavy atom. The van der Waals surface area contributed by atoms with Gasteiger partial charge in [-0.3, -0.25) is 14.3 Å². The van der Waals surface area contributed by atoms with Crippen molar-refractivity contribution in [1.29, 1.82) is 0 Å². The summed E-state index contributed by atoms with van der Waals surface area (Å²) in [4.78, 5) is 16.8. The van der Waals surface area contributed by atoms with Gasteiger partial charge in [0, 0.05) is 11.9 Å². The Kier molecular flexibility index (Phi) is 6.54. The third-order valence-electron chi connectivity index (χ3n) is 4.27. The summed E-state index contributed by atoms with van der Waals surface area (Å²) in [7, 11) is 1.54. The number of halogens is 1. The van der Waals surface area contributed by atoms with Crippen LogP contribution in [-0.2, 0) is 11.3 Å². The summed E-state index contributed by atoms with van der Waals surface area (Å²) >= 11 is 7.39. The van der Waals surface area contributed by atoms with Crippen LogP contribution in [0.2, 0.25) is 5.02 Å². The molecule has 1 N–H and O–H groups in total. The van der Waals surface area contributed by atoms with E-state index in [1.807, 2.05) is 34.9 Å². The zero-order valence-corrected chi connectivity index (χ0v) is 18.1. The zero-order chi connectivity index (χ0) is 21.6. The molecule has 0 unspecified atom stereocenters. The highest BCUT2D eigenvalue weighted by atomic mass is 35.5. The second-order valence-electron chi connectivity index (χ2n) is 6.37. The van der Waals surface area contributed by atoms with Crippen LogP contribution in [0.15, 0.2) is 70.6 Å². The van der Waals surface area contributed by atoms with E-state index in [1.54, 1.807) is 30.7 Å². The van der Waals surface area contributed by atoms with Crippen LogP contribution in [0, 0.1) is 0 Å². The number of rotatable bonds is 8. The first-order valence-corrected chi connectivity index (χ1v) is 10.6. The van der Waals surface area contributed by atoms with Crippen LogP contribution in [0.3, 0.4) is 0 Å². The number of amides is 1. The van der Waals surface area contributed by atoms with Crippen LogP contribution < -0.4 is 10.1 Å². The van der Waals surface area contributed by atoms with Gasteiger partial charge in [0.25, 0.3) is 0 Å². The van der Waals surface area contributed by atoms with Crippen molar-refractivity contribution in [1.82, 2.24) is 19.7 Å². The Morgan fingerprint density at radius 1 is 1.23 bits per heavy atom. The minimum Gasteiger partial charge on any atom is -0.495 e. The molecule has 0 spiro atoms. The first kappa shape index (κ1) is 21.0. The number of pyridine rings is 1. The highest BCUT2D eigenvalue weighted by Gasteiger charge is 2.18. The SMILES string of the molecule is COc1ccc(NC(=O)CSc2nnc(-c3ccccn3)n2Cc2ccco2)cc1Cl. The molecule has 4 rings (SSSR count). The van der Waals surface area contributed by atoms with Gasteiger partial charge in [-0.05, 0) is 42.5 Å². The molecule has 3 heterocycles. The van der Waals surface area contributed by atoms with Crippen LogP contribution in [0.4, 0.5) is 5.69 Å². The summed E-state index contributed by atoms with van der Waals surface area (Å²) in [6.07, 6.45) is 3.31. The third kappa shape index (κ3) is 5.07. The number of ether oxygens (including phenoxy) is 1.